The van der Waals surface area contributed by atoms with Crippen LogP contribution in [0.15, 0.2) is 30.3 Å². The minimum absolute atomic E-state index is 0.110. The summed E-state index contributed by atoms with van der Waals surface area (Å²) in [6.07, 6.45) is 2.11. The first-order chi connectivity index (χ1) is 12.5. The molecule has 6 nitrogen and oxygen atoms in total. The number of carbonyl (C=O) groups is 3. The van der Waals surface area contributed by atoms with Crippen LogP contribution in [0.1, 0.15) is 24.8 Å². The predicted octanol–water partition coefficient (Wildman–Crippen LogP) is 1.55. The molecular formula is C18H22N2O4S2. The van der Waals surface area contributed by atoms with Crippen molar-refractivity contribution in [2.75, 3.05) is 5.75 Å². The Morgan fingerprint density at radius 1 is 1.27 bits per heavy atom. The molecule has 3 rings (SSSR count). The Morgan fingerprint density at radius 3 is 2.69 bits per heavy atom. The lowest BCUT2D eigenvalue weighted by Crippen LogP contribution is -2.53. The molecule has 26 heavy (non-hydrogen) atoms. The Labute approximate surface area is 162 Å². The number of hydrogen-bond acceptors (Lipinski definition) is 5. The highest BCUT2D eigenvalue weighted by atomic mass is 32.2. The van der Waals surface area contributed by atoms with Crippen LogP contribution in [0.5, 0.6) is 0 Å². The average molecular weight is 395 g/mol. The number of nitrogens with one attached hydrogen (secondary N) is 1. The number of carbonyl (C=O) groups excluding carboxylic acids is 2. The number of nitrogens with zero attached hydrogens (tertiary/aromatic N) is 1. The van der Waals surface area contributed by atoms with Gasteiger partial charge in [-0.25, -0.2) is 4.79 Å². The standard InChI is InChI=1S/C18H22N2O4S2/c21-16(14(25)10-11-4-2-1-3-5-11)19-12-8-9-26-15-7-6-13(18(23)24)20(15)17(12)22/h1-5,12-15,25H,6-10H2,(H,19,21)(H,23,24)/t12-,13-,14?,15-/m0/s1. The molecule has 1 unspecified atom stereocenters. The van der Waals surface area contributed by atoms with Crippen molar-refractivity contribution in [2.24, 2.45) is 0 Å². The van der Waals surface area contributed by atoms with Crippen LogP contribution in [0.25, 0.3) is 0 Å². The average Bonchev–Trinajstić information content (AvgIpc) is 2.99. The Kier molecular flexibility index (Phi) is 6.13. The molecule has 2 fully saturated rings. The van der Waals surface area contributed by atoms with E-state index >= 15 is 0 Å². The van der Waals surface area contributed by atoms with Gasteiger partial charge < -0.3 is 15.3 Å². The van der Waals surface area contributed by atoms with Gasteiger partial charge in [0, 0.05) is 0 Å². The molecule has 8 heteroatoms. The third-order valence-electron chi connectivity index (χ3n) is 4.78. The van der Waals surface area contributed by atoms with Gasteiger partial charge in [0.05, 0.1) is 10.6 Å². The SMILES string of the molecule is O=C(N[C@H]1CCS[C@H]2CC[C@@H](C(=O)O)N2C1=O)C(S)Cc1ccccc1. The van der Waals surface area contributed by atoms with Crippen LogP contribution in [0.2, 0.25) is 0 Å². The van der Waals surface area contributed by atoms with Crippen molar-refractivity contribution in [1.82, 2.24) is 10.2 Å². The number of amides is 2. The van der Waals surface area contributed by atoms with Crippen LogP contribution in [-0.4, -0.2) is 56.3 Å². The van der Waals surface area contributed by atoms with Crippen LogP contribution in [0.3, 0.4) is 0 Å². The maximum Gasteiger partial charge on any atom is 0.326 e. The van der Waals surface area contributed by atoms with Gasteiger partial charge in [0.2, 0.25) is 11.8 Å². The zero-order chi connectivity index (χ0) is 18.7. The number of fused-ring (bicyclic) bond motifs is 1. The van der Waals surface area contributed by atoms with Gasteiger partial charge in [-0.15, -0.1) is 11.8 Å². The molecule has 2 amide bonds. The van der Waals surface area contributed by atoms with E-state index in [9.17, 15) is 19.5 Å². The Balaban J connectivity index is 1.65. The van der Waals surface area contributed by atoms with Crippen molar-refractivity contribution in [3.8, 4) is 0 Å². The first-order valence-corrected chi connectivity index (χ1v) is 10.2. The lowest BCUT2D eigenvalue weighted by atomic mass is 10.1. The summed E-state index contributed by atoms with van der Waals surface area (Å²) in [5.74, 6) is -0.867. The smallest absolute Gasteiger partial charge is 0.326 e. The second-order valence-corrected chi connectivity index (χ2v) is 8.47. The molecule has 0 radical (unpaired) electrons. The molecule has 0 aromatic heterocycles. The van der Waals surface area contributed by atoms with E-state index in [-0.39, 0.29) is 17.2 Å². The van der Waals surface area contributed by atoms with Crippen molar-refractivity contribution in [3.05, 3.63) is 35.9 Å². The molecular weight excluding hydrogens is 372 g/mol. The molecule has 0 bridgehead atoms. The van der Waals surface area contributed by atoms with E-state index in [0.29, 0.717) is 31.4 Å². The highest BCUT2D eigenvalue weighted by molar-refractivity contribution is 7.99. The second kappa shape index (κ2) is 8.35. The number of carboxylic acid groups (broad SMARTS) is 1. The summed E-state index contributed by atoms with van der Waals surface area (Å²) >= 11 is 5.97. The summed E-state index contributed by atoms with van der Waals surface area (Å²) in [5.41, 5.74) is 0.996. The van der Waals surface area contributed by atoms with Gasteiger partial charge in [0.15, 0.2) is 0 Å². The zero-order valence-electron chi connectivity index (χ0n) is 14.2. The van der Waals surface area contributed by atoms with Crippen LogP contribution in [0.4, 0.5) is 0 Å². The van der Waals surface area contributed by atoms with E-state index in [1.165, 1.54) is 4.90 Å². The summed E-state index contributed by atoms with van der Waals surface area (Å²) in [6, 6.07) is 8.08. The molecule has 2 aliphatic rings. The topological polar surface area (TPSA) is 86.7 Å². The van der Waals surface area contributed by atoms with Gasteiger partial charge in [-0.05, 0) is 37.0 Å². The molecule has 0 aliphatic carbocycles. The monoisotopic (exact) mass is 394 g/mol. The van der Waals surface area contributed by atoms with Crippen LogP contribution in [0, 0.1) is 0 Å². The Bertz CT molecular complexity index is 685. The third-order valence-corrected chi connectivity index (χ3v) is 6.51. The van der Waals surface area contributed by atoms with Crippen molar-refractivity contribution >= 4 is 42.2 Å². The van der Waals surface area contributed by atoms with Crippen LogP contribution >= 0.6 is 24.4 Å². The third kappa shape index (κ3) is 4.17. The first kappa shape index (κ1) is 19.1. The quantitative estimate of drug-likeness (QED) is 0.660. The fourth-order valence-corrected chi connectivity index (χ4v) is 5.08. The van der Waals surface area contributed by atoms with Crippen LogP contribution < -0.4 is 5.32 Å². The molecule has 4 atom stereocenters. The lowest BCUT2D eigenvalue weighted by molar-refractivity contribution is -0.149. The molecule has 0 spiro atoms. The normalized spacial score (nSPS) is 26.7. The fourth-order valence-electron chi connectivity index (χ4n) is 3.44. The maximum atomic E-state index is 12.9. The van der Waals surface area contributed by atoms with E-state index in [2.05, 4.69) is 17.9 Å². The Hall–Kier alpha value is -1.67. The highest BCUT2D eigenvalue weighted by Crippen LogP contribution is 2.35. The molecule has 2 saturated heterocycles. The number of carboxylic acids is 1. The van der Waals surface area contributed by atoms with Gasteiger partial charge in [0.1, 0.15) is 12.1 Å². The summed E-state index contributed by atoms with van der Waals surface area (Å²) in [7, 11) is 0. The molecule has 2 aliphatic heterocycles. The van der Waals surface area contributed by atoms with Gasteiger partial charge in [0.25, 0.3) is 0 Å². The molecule has 1 aromatic rings. The minimum atomic E-state index is -0.982. The van der Waals surface area contributed by atoms with Crippen molar-refractivity contribution in [3.63, 3.8) is 0 Å². The number of benzene rings is 1. The van der Waals surface area contributed by atoms with Crippen molar-refractivity contribution in [1.29, 1.82) is 0 Å². The van der Waals surface area contributed by atoms with Gasteiger partial charge in [-0.1, -0.05) is 30.3 Å². The lowest BCUT2D eigenvalue weighted by Gasteiger charge is -2.28. The second-order valence-electron chi connectivity index (χ2n) is 6.56. The first-order valence-electron chi connectivity index (χ1n) is 8.66. The molecule has 2 heterocycles. The van der Waals surface area contributed by atoms with Crippen molar-refractivity contribution < 1.29 is 19.5 Å². The Morgan fingerprint density at radius 2 is 2.00 bits per heavy atom. The number of thiol groups is 1. The summed E-state index contributed by atoms with van der Waals surface area (Å²) in [6.45, 7) is 0. The summed E-state index contributed by atoms with van der Waals surface area (Å²) in [4.78, 5) is 38.3. The molecule has 0 saturated carbocycles. The maximum absolute atomic E-state index is 12.9. The summed E-state index contributed by atoms with van der Waals surface area (Å²) < 4.78 is 0. The predicted molar refractivity (Wildman–Crippen MR) is 103 cm³/mol. The van der Waals surface area contributed by atoms with Gasteiger partial charge in [-0.3, -0.25) is 9.59 Å². The molecule has 1 aromatic carbocycles. The number of aliphatic carboxylic acids is 1. The van der Waals surface area contributed by atoms with Gasteiger partial charge >= 0.3 is 5.97 Å². The number of hydrogen-bond donors (Lipinski definition) is 3. The fraction of sp³-hybridized carbons (Fsp3) is 0.500. The number of thioether (sulfide) groups is 1. The van der Waals surface area contributed by atoms with E-state index in [1.54, 1.807) is 11.8 Å². The molecule has 140 valence electrons. The van der Waals surface area contributed by atoms with E-state index in [0.717, 1.165) is 5.56 Å². The van der Waals surface area contributed by atoms with E-state index in [4.69, 9.17) is 0 Å². The molecule has 2 N–H and O–H groups in total. The number of rotatable bonds is 5. The van der Waals surface area contributed by atoms with Crippen molar-refractivity contribution in [2.45, 2.75) is 48.4 Å². The largest absolute Gasteiger partial charge is 0.480 e. The highest BCUT2D eigenvalue weighted by Gasteiger charge is 2.45. The van der Waals surface area contributed by atoms with E-state index in [1.807, 2.05) is 30.3 Å². The summed E-state index contributed by atoms with van der Waals surface area (Å²) in [5, 5.41) is 11.5. The van der Waals surface area contributed by atoms with Gasteiger partial charge in [-0.2, -0.15) is 12.6 Å². The van der Waals surface area contributed by atoms with E-state index < -0.39 is 23.3 Å². The van der Waals surface area contributed by atoms with Crippen LogP contribution in [-0.2, 0) is 20.8 Å². The minimum Gasteiger partial charge on any atom is -0.480 e. The zero-order valence-corrected chi connectivity index (χ0v) is 15.9.